The number of ether oxygens (including phenoxy) is 1. The van der Waals surface area contributed by atoms with Gasteiger partial charge in [0.1, 0.15) is 11.3 Å². The lowest BCUT2D eigenvalue weighted by atomic mass is 10.2. The van der Waals surface area contributed by atoms with Crippen molar-refractivity contribution in [1.29, 1.82) is 0 Å². The Morgan fingerprint density at radius 1 is 1.25 bits per heavy atom. The number of oxazole rings is 1. The predicted molar refractivity (Wildman–Crippen MR) is 78.7 cm³/mol. The van der Waals surface area contributed by atoms with E-state index in [-0.39, 0.29) is 0 Å². The van der Waals surface area contributed by atoms with Crippen molar-refractivity contribution >= 4 is 22.8 Å². The zero-order valence-corrected chi connectivity index (χ0v) is 11.1. The molecule has 1 heterocycles. The fourth-order valence-corrected chi connectivity index (χ4v) is 1.98. The van der Waals surface area contributed by atoms with Crippen LogP contribution in [0.15, 0.2) is 46.9 Å². The number of fused-ring (bicyclic) bond motifs is 1. The average molecular weight is 269 g/mol. The minimum atomic E-state index is 0.480. The number of nitrogens with zero attached hydrogens (tertiary/aromatic N) is 1. The Labute approximate surface area is 116 Å². The quantitative estimate of drug-likeness (QED) is 0.712. The Bertz CT molecular complexity index is 737. The standard InChI is InChI=1S/C15H15N3O2/c1-19-12-4-2-3-10(7-12)9-17-15-18-13-8-11(16)5-6-14(13)20-15/h2-8H,9,16H2,1H3,(H,17,18). The third-order valence-electron chi connectivity index (χ3n) is 2.99. The molecule has 0 fully saturated rings. The van der Waals surface area contributed by atoms with Gasteiger partial charge in [-0.05, 0) is 35.9 Å². The van der Waals surface area contributed by atoms with Crippen LogP contribution in [0.5, 0.6) is 5.75 Å². The lowest BCUT2D eigenvalue weighted by Gasteiger charge is -2.04. The Kier molecular flexibility index (Phi) is 3.16. The number of anilines is 2. The highest BCUT2D eigenvalue weighted by atomic mass is 16.5. The Balaban J connectivity index is 1.76. The van der Waals surface area contributed by atoms with E-state index >= 15 is 0 Å². The second-order valence-corrected chi connectivity index (χ2v) is 4.45. The SMILES string of the molecule is COc1cccc(CNc2nc3cc(N)ccc3o2)c1. The van der Waals surface area contributed by atoms with Gasteiger partial charge in [0.15, 0.2) is 5.58 Å². The van der Waals surface area contributed by atoms with Gasteiger partial charge in [-0.3, -0.25) is 0 Å². The van der Waals surface area contributed by atoms with Crippen molar-refractivity contribution in [1.82, 2.24) is 4.98 Å². The highest BCUT2D eigenvalue weighted by Crippen LogP contribution is 2.21. The molecule has 5 nitrogen and oxygen atoms in total. The zero-order chi connectivity index (χ0) is 13.9. The number of benzene rings is 2. The molecule has 5 heteroatoms. The fraction of sp³-hybridized carbons (Fsp3) is 0.133. The number of rotatable bonds is 4. The van der Waals surface area contributed by atoms with Gasteiger partial charge in [-0.1, -0.05) is 12.1 Å². The molecule has 3 rings (SSSR count). The molecule has 0 aliphatic rings. The minimum Gasteiger partial charge on any atom is -0.497 e. The van der Waals surface area contributed by atoms with Crippen LogP contribution in [0.25, 0.3) is 11.1 Å². The molecule has 1 aromatic heterocycles. The van der Waals surface area contributed by atoms with Gasteiger partial charge < -0.3 is 20.2 Å². The summed E-state index contributed by atoms with van der Waals surface area (Å²) in [6.07, 6.45) is 0. The average Bonchev–Trinajstić information content (AvgIpc) is 2.87. The van der Waals surface area contributed by atoms with Gasteiger partial charge in [-0.15, -0.1) is 0 Å². The topological polar surface area (TPSA) is 73.3 Å². The lowest BCUT2D eigenvalue weighted by molar-refractivity contribution is 0.414. The van der Waals surface area contributed by atoms with E-state index in [1.807, 2.05) is 30.3 Å². The van der Waals surface area contributed by atoms with Crippen LogP contribution in [0.4, 0.5) is 11.7 Å². The van der Waals surface area contributed by atoms with Gasteiger partial charge in [-0.25, -0.2) is 0 Å². The molecule has 0 saturated heterocycles. The van der Waals surface area contributed by atoms with E-state index in [1.54, 1.807) is 19.2 Å². The normalized spacial score (nSPS) is 10.7. The highest BCUT2D eigenvalue weighted by Gasteiger charge is 2.05. The number of hydrogen-bond donors (Lipinski definition) is 2. The highest BCUT2D eigenvalue weighted by molar-refractivity contribution is 5.78. The number of nitrogens with two attached hydrogens (primary N) is 1. The molecule has 0 unspecified atom stereocenters. The van der Waals surface area contributed by atoms with E-state index in [0.29, 0.717) is 23.8 Å². The van der Waals surface area contributed by atoms with Crippen LogP contribution in [0.3, 0.4) is 0 Å². The molecule has 20 heavy (non-hydrogen) atoms. The van der Waals surface area contributed by atoms with Gasteiger partial charge in [0, 0.05) is 12.2 Å². The van der Waals surface area contributed by atoms with Crippen LogP contribution in [-0.2, 0) is 6.54 Å². The van der Waals surface area contributed by atoms with Crippen LogP contribution in [0, 0.1) is 0 Å². The van der Waals surface area contributed by atoms with E-state index in [0.717, 1.165) is 16.8 Å². The maximum atomic E-state index is 5.71. The van der Waals surface area contributed by atoms with Crippen LogP contribution >= 0.6 is 0 Å². The van der Waals surface area contributed by atoms with Crippen LogP contribution in [0.2, 0.25) is 0 Å². The summed E-state index contributed by atoms with van der Waals surface area (Å²) in [6.45, 7) is 0.611. The van der Waals surface area contributed by atoms with Crippen molar-refractivity contribution in [2.24, 2.45) is 0 Å². The van der Waals surface area contributed by atoms with E-state index in [9.17, 15) is 0 Å². The van der Waals surface area contributed by atoms with Crippen LogP contribution < -0.4 is 15.8 Å². The summed E-state index contributed by atoms with van der Waals surface area (Å²) < 4.78 is 10.8. The minimum absolute atomic E-state index is 0.480. The molecule has 0 atom stereocenters. The zero-order valence-electron chi connectivity index (χ0n) is 11.1. The lowest BCUT2D eigenvalue weighted by Crippen LogP contribution is -1.99. The third-order valence-corrected chi connectivity index (χ3v) is 2.99. The molecule has 3 N–H and O–H groups in total. The van der Waals surface area contributed by atoms with Gasteiger partial charge in [0.05, 0.1) is 7.11 Å². The van der Waals surface area contributed by atoms with E-state index in [1.165, 1.54) is 0 Å². The summed E-state index contributed by atoms with van der Waals surface area (Å²) in [7, 11) is 1.65. The maximum Gasteiger partial charge on any atom is 0.295 e. The van der Waals surface area contributed by atoms with Crippen molar-refractivity contribution in [2.75, 3.05) is 18.2 Å². The third kappa shape index (κ3) is 2.51. The van der Waals surface area contributed by atoms with Gasteiger partial charge in [0.2, 0.25) is 0 Å². The van der Waals surface area contributed by atoms with E-state index in [2.05, 4.69) is 10.3 Å². The summed E-state index contributed by atoms with van der Waals surface area (Å²) in [4.78, 5) is 4.34. The largest absolute Gasteiger partial charge is 0.497 e. The molecule has 102 valence electrons. The molecule has 0 spiro atoms. The summed E-state index contributed by atoms with van der Waals surface area (Å²) in [5, 5.41) is 3.15. The first-order valence-electron chi connectivity index (χ1n) is 6.27. The second kappa shape index (κ2) is 5.13. The molecular formula is C15H15N3O2. The van der Waals surface area contributed by atoms with Crippen LogP contribution in [-0.4, -0.2) is 12.1 Å². The van der Waals surface area contributed by atoms with Gasteiger partial charge in [-0.2, -0.15) is 4.98 Å². The molecule has 0 saturated carbocycles. The van der Waals surface area contributed by atoms with Crippen molar-refractivity contribution in [3.63, 3.8) is 0 Å². The number of nitrogens with one attached hydrogen (secondary N) is 1. The predicted octanol–water partition coefficient (Wildman–Crippen LogP) is 3.03. The molecule has 0 amide bonds. The Hall–Kier alpha value is -2.69. The van der Waals surface area contributed by atoms with Crippen molar-refractivity contribution in [3.8, 4) is 5.75 Å². The molecule has 0 bridgehead atoms. The molecule has 0 aliphatic heterocycles. The van der Waals surface area contributed by atoms with E-state index in [4.69, 9.17) is 14.9 Å². The number of methoxy groups -OCH3 is 1. The maximum absolute atomic E-state index is 5.71. The fourth-order valence-electron chi connectivity index (χ4n) is 1.98. The Morgan fingerprint density at radius 3 is 3.00 bits per heavy atom. The Morgan fingerprint density at radius 2 is 2.15 bits per heavy atom. The second-order valence-electron chi connectivity index (χ2n) is 4.45. The van der Waals surface area contributed by atoms with Gasteiger partial charge in [0.25, 0.3) is 6.01 Å². The van der Waals surface area contributed by atoms with Crippen LogP contribution in [0.1, 0.15) is 5.56 Å². The first kappa shape index (κ1) is 12.3. The summed E-state index contributed by atoms with van der Waals surface area (Å²) in [5.74, 6) is 0.828. The first-order chi connectivity index (χ1) is 9.74. The summed E-state index contributed by atoms with van der Waals surface area (Å²) in [5.41, 5.74) is 8.94. The summed E-state index contributed by atoms with van der Waals surface area (Å²) in [6, 6.07) is 13.7. The molecule has 0 aliphatic carbocycles. The number of nitrogen functional groups attached to an aromatic ring is 1. The summed E-state index contributed by atoms with van der Waals surface area (Å²) >= 11 is 0. The van der Waals surface area contributed by atoms with E-state index < -0.39 is 0 Å². The number of hydrogen-bond acceptors (Lipinski definition) is 5. The monoisotopic (exact) mass is 269 g/mol. The van der Waals surface area contributed by atoms with Crippen molar-refractivity contribution in [2.45, 2.75) is 6.54 Å². The first-order valence-corrected chi connectivity index (χ1v) is 6.27. The molecule has 3 aromatic rings. The molecule has 0 radical (unpaired) electrons. The molecular weight excluding hydrogens is 254 g/mol. The van der Waals surface area contributed by atoms with Crippen molar-refractivity contribution < 1.29 is 9.15 Å². The number of aromatic nitrogens is 1. The smallest absolute Gasteiger partial charge is 0.295 e. The van der Waals surface area contributed by atoms with Gasteiger partial charge >= 0.3 is 0 Å². The van der Waals surface area contributed by atoms with Crippen molar-refractivity contribution in [3.05, 3.63) is 48.0 Å². The molecule has 2 aromatic carbocycles.